The lowest BCUT2D eigenvalue weighted by Gasteiger charge is -2.02. The number of thiazole rings is 1. The first-order valence-electron chi connectivity index (χ1n) is 4.48. The molecule has 1 aromatic heterocycles. The Bertz CT molecular complexity index is 416. The minimum Gasteiger partial charge on any atom is -0.481 e. The van der Waals surface area contributed by atoms with Gasteiger partial charge in [-0.3, -0.25) is 4.79 Å². The number of hydrogen-bond donors (Lipinski definition) is 2. The minimum absolute atomic E-state index is 0.213. The highest BCUT2D eigenvalue weighted by Gasteiger charge is 2.16. The Kier molecular flexibility index (Phi) is 4.31. The van der Waals surface area contributed by atoms with Crippen LogP contribution in [-0.2, 0) is 4.79 Å². The first-order valence-corrected chi connectivity index (χ1v) is 6.28. The van der Waals surface area contributed by atoms with E-state index < -0.39 is 17.9 Å². The molecule has 7 heteroatoms. The molecule has 1 unspecified atom stereocenters. The lowest BCUT2D eigenvalue weighted by molar-refractivity contribution is -0.140. The fraction of sp³-hybridized carbons (Fsp3) is 0.444. The first kappa shape index (κ1) is 13.0. The normalized spacial score (nSPS) is 12.4. The molecule has 0 aliphatic carbocycles. The molecule has 0 fully saturated rings. The van der Waals surface area contributed by atoms with E-state index in [2.05, 4.69) is 4.98 Å². The Morgan fingerprint density at radius 2 is 2.12 bits per heavy atom. The number of hydrogen-bond acceptors (Lipinski definition) is 5. The van der Waals surface area contributed by atoms with Gasteiger partial charge in [0, 0.05) is 5.75 Å². The lowest BCUT2D eigenvalue weighted by Crippen LogP contribution is -2.11. The van der Waals surface area contributed by atoms with Crippen molar-refractivity contribution in [2.24, 2.45) is 5.92 Å². The number of aryl methyl sites for hydroxylation is 1. The fourth-order valence-electron chi connectivity index (χ4n) is 0.899. The average molecular weight is 261 g/mol. The number of aliphatic carboxylic acids is 1. The third-order valence-corrected chi connectivity index (χ3v) is 4.40. The second kappa shape index (κ2) is 5.31. The molecular formula is C9H11NO4S2. The molecule has 16 heavy (non-hydrogen) atoms. The maximum absolute atomic E-state index is 10.7. The number of thioether (sulfide) groups is 1. The van der Waals surface area contributed by atoms with E-state index in [-0.39, 0.29) is 4.88 Å². The molecule has 1 rings (SSSR count). The van der Waals surface area contributed by atoms with E-state index in [1.807, 2.05) is 0 Å². The van der Waals surface area contributed by atoms with Gasteiger partial charge in [-0.1, -0.05) is 18.7 Å². The molecule has 0 radical (unpaired) electrons. The highest BCUT2D eigenvalue weighted by molar-refractivity contribution is 8.01. The van der Waals surface area contributed by atoms with Gasteiger partial charge in [0.15, 0.2) is 4.34 Å². The SMILES string of the molecule is Cc1nc(SCC(C)C(=O)O)sc1C(=O)O. The van der Waals surface area contributed by atoms with Crippen molar-refractivity contribution in [3.63, 3.8) is 0 Å². The van der Waals surface area contributed by atoms with Crippen LogP contribution in [0.3, 0.4) is 0 Å². The van der Waals surface area contributed by atoms with E-state index in [1.54, 1.807) is 13.8 Å². The van der Waals surface area contributed by atoms with Crippen LogP contribution < -0.4 is 0 Å². The van der Waals surface area contributed by atoms with Crippen LogP contribution in [0, 0.1) is 12.8 Å². The second-order valence-corrected chi connectivity index (χ2v) is 5.52. The summed E-state index contributed by atoms with van der Waals surface area (Å²) in [6, 6.07) is 0. The van der Waals surface area contributed by atoms with E-state index in [4.69, 9.17) is 10.2 Å². The van der Waals surface area contributed by atoms with Crippen molar-refractivity contribution < 1.29 is 19.8 Å². The second-order valence-electron chi connectivity index (χ2n) is 3.25. The molecule has 0 saturated carbocycles. The molecule has 2 N–H and O–H groups in total. The summed E-state index contributed by atoms with van der Waals surface area (Å²) >= 11 is 2.35. The average Bonchev–Trinajstić information content (AvgIpc) is 2.56. The highest BCUT2D eigenvalue weighted by atomic mass is 32.2. The van der Waals surface area contributed by atoms with Crippen molar-refractivity contribution in [1.29, 1.82) is 0 Å². The number of aromatic carboxylic acids is 1. The molecule has 1 heterocycles. The molecule has 0 aromatic carbocycles. The van der Waals surface area contributed by atoms with Gasteiger partial charge in [-0.25, -0.2) is 9.78 Å². The highest BCUT2D eigenvalue weighted by Crippen LogP contribution is 2.28. The van der Waals surface area contributed by atoms with Gasteiger partial charge < -0.3 is 10.2 Å². The molecule has 0 spiro atoms. The van der Waals surface area contributed by atoms with E-state index in [0.717, 1.165) is 11.3 Å². The quantitative estimate of drug-likeness (QED) is 0.788. The molecule has 5 nitrogen and oxygen atoms in total. The number of carbonyl (C=O) groups is 2. The number of carboxylic acid groups (broad SMARTS) is 2. The number of carboxylic acids is 2. The van der Waals surface area contributed by atoms with Gasteiger partial charge in [0.1, 0.15) is 4.88 Å². The Hall–Kier alpha value is -1.08. The van der Waals surface area contributed by atoms with E-state index >= 15 is 0 Å². The summed E-state index contributed by atoms with van der Waals surface area (Å²) in [6.45, 7) is 3.23. The van der Waals surface area contributed by atoms with Crippen LogP contribution >= 0.6 is 23.1 Å². The van der Waals surface area contributed by atoms with Crippen molar-refractivity contribution in [3.05, 3.63) is 10.6 Å². The lowest BCUT2D eigenvalue weighted by atomic mass is 10.2. The Morgan fingerprint density at radius 3 is 2.56 bits per heavy atom. The number of nitrogens with zero attached hydrogens (tertiary/aromatic N) is 1. The molecule has 0 saturated heterocycles. The predicted molar refractivity (Wildman–Crippen MR) is 61.3 cm³/mol. The summed E-state index contributed by atoms with van der Waals surface area (Å²) in [7, 11) is 0. The van der Waals surface area contributed by atoms with Crippen LogP contribution in [-0.4, -0.2) is 32.9 Å². The molecule has 0 aliphatic heterocycles. The van der Waals surface area contributed by atoms with Crippen LogP contribution in [0.2, 0.25) is 0 Å². The largest absolute Gasteiger partial charge is 0.481 e. The summed E-state index contributed by atoms with van der Waals surface area (Å²) in [6.07, 6.45) is 0. The molecule has 0 aliphatic rings. The van der Waals surface area contributed by atoms with E-state index in [0.29, 0.717) is 15.8 Å². The van der Waals surface area contributed by atoms with Crippen LogP contribution in [0.4, 0.5) is 0 Å². The van der Waals surface area contributed by atoms with Crippen LogP contribution in [0.1, 0.15) is 22.3 Å². The van der Waals surface area contributed by atoms with Crippen molar-refractivity contribution in [2.45, 2.75) is 18.2 Å². The van der Waals surface area contributed by atoms with Crippen molar-refractivity contribution in [2.75, 3.05) is 5.75 Å². The molecule has 1 atom stereocenters. The van der Waals surface area contributed by atoms with Gasteiger partial charge in [0.2, 0.25) is 0 Å². The Morgan fingerprint density at radius 1 is 1.50 bits per heavy atom. The van der Waals surface area contributed by atoms with E-state index in [1.165, 1.54) is 11.8 Å². The Labute approximate surface area is 101 Å². The minimum atomic E-state index is -0.992. The molecule has 1 aromatic rings. The summed E-state index contributed by atoms with van der Waals surface area (Å²) < 4.78 is 0.600. The van der Waals surface area contributed by atoms with Gasteiger partial charge in [-0.2, -0.15) is 0 Å². The zero-order chi connectivity index (χ0) is 12.3. The molecule has 0 bridgehead atoms. The maximum Gasteiger partial charge on any atom is 0.347 e. The zero-order valence-corrected chi connectivity index (χ0v) is 10.4. The van der Waals surface area contributed by atoms with Crippen molar-refractivity contribution in [1.82, 2.24) is 4.98 Å². The van der Waals surface area contributed by atoms with E-state index in [9.17, 15) is 9.59 Å². The third kappa shape index (κ3) is 3.21. The monoisotopic (exact) mass is 261 g/mol. The standard InChI is InChI=1S/C9H11NO4S2/c1-4(7(11)12)3-15-9-10-5(2)6(16-9)8(13)14/h4H,3H2,1-2H3,(H,11,12)(H,13,14). The molecular weight excluding hydrogens is 250 g/mol. The third-order valence-electron chi connectivity index (χ3n) is 1.85. The summed E-state index contributed by atoms with van der Waals surface area (Å²) in [5.74, 6) is -1.93. The number of rotatable bonds is 5. The summed E-state index contributed by atoms with van der Waals surface area (Å²) in [5.41, 5.74) is 0.475. The molecule has 88 valence electrons. The van der Waals surface area contributed by atoms with Crippen LogP contribution in [0.5, 0.6) is 0 Å². The summed E-state index contributed by atoms with van der Waals surface area (Å²) in [4.78, 5) is 25.6. The van der Waals surface area contributed by atoms with Crippen LogP contribution in [0.15, 0.2) is 4.34 Å². The maximum atomic E-state index is 10.7. The molecule has 0 amide bonds. The fourth-order valence-corrected chi connectivity index (χ4v) is 2.96. The predicted octanol–water partition coefficient (Wildman–Crippen LogP) is 1.96. The van der Waals surface area contributed by atoms with Gasteiger partial charge >= 0.3 is 11.9 Å². The van der Waals surface area contributed by atoms with Gasteiger partial charge in [0.25, 0.3) is 0 Å². The zero-order valence-electron chi connectivity index (χ0n) is 8.76. The van der Waals surface area contributed by atoms with Crippen molar-refractivity contribution in [3.8, 4) is 0 Å². The number of aromatic nitrogens is 1. The van der Waals surface area contributed by atoms with Crippen LogP contribution in [0.25, 0.3) is 0 Å². The first-order chi connectivity index (χ1) is 7.41. The van der Waals surface area contributed by atoms with Crippen molar-refractivity contribution >= 4 is 35.0 Å². The van der Waals surface area contributed by atoms with Gasteiger partial charge in [-0.05, 0) is 6.92 Å². The Balaban J connectivity index is 2.65. The summed E-state index contributed by atoms with van der Waals surface area (Å²) in [5, 5.41) is 17.5. The van der Waals surface area contributed by atoms with Gasteiger partial charge in [0.05, 0.1) is 11.6 Å². The van der Waals surface area contributed by atoms with Gasteiger partial charge in [-0.15, -0.1) is 11.3 Å². The topological polar surface area (TPSA) is 87.5 Å². The smallest absolute Gasteiger partial charge is 0.347 e.